The van der Waals surface area contributed by atoms with Crippen molar-refractivity contribution in [3.63, 3.8) is 0 Å². The molecule has 0 spiro atoms. The summed E-state index contributed by atoms with van der Waals surface area (Å²) in [5.74, 6) is 0.342. The van der Waals surface area contributed by atoms with Crippen molar-refractivity contribution >= 4 is 46.6 Å². The Bertz CT molecular complexity index is 1020. The number of H-pyrrole nitrogens is 2. The minimum Gasteiger partial charge on any atom is -0.316 e. The number of rotatable bonds is 5. The van der Waals surface area contributed by atoms with Gasteiger partial charge in [0.15, 0.2) is 0 Å². The van der Waals surface area contributed by atoms with Gasteiger partial charge in [-0.05, 0) is 54.9 Å². The third-order valence-electron chi connectivity index (χ3n) is 5.24. The highest BCUT2D eigenvalue weighted by Gasteiger charge is 2.32. The van der Waals surface area contributed by atoms with E-state index in [-0.39, 0.29) is 29.9 Å². The minimum atomic E-state index is -0.258. The molecule has 1 atom stereocenters. The van der Waals surface area contributed by atoms with Crippen LogP contribution >= 0.6 is 24.0 Å². The Labute approximate surface area is 173 Å². The molecule has 1 amide bonds. The molecule has 2 heterocycles. The van der Waals surface area contributed by atoms with Gasteiger partial charge in [0, 0.05) is 16.6 Å². The summed E-state index contributed by atoms with van der Waals surface area (Å²) < 4.78 is 0. The van der Waals surface area contributed by atoms with Crippen LogP contribution in [0.15, 0.2) is 47.3 Å². The van der Waals surface area contributed by atoms with Gasteiger partial charge in [-0.25, -0.2) is 4.79 Å². The van der Waals surface area contributed by atoms with E-state index in [2.05, 4.69) is 15.3 Å². The lowest BCUT2D eigenvalue weighted by Crippen LogP contribution is -2.50. The van der Waals surface area contributed by atoms with Crippen LogP contribution in [0.2, 0.25) is 5.02 Å². The second-order valence-corrected chi connectivity index (χ2v) is 7.50. The van der Waals surface area contributed by atoms with E-state index in [1.807, 2.05) is 49.4 Å². The van der Waals surface area contributed by atoms with Crippen LogP contribution in [0, 0.1) is 11.8 Å². The van der Waals surface area contributed by atoms with Crippen LogP contribution in [0.5, 0.6) is 0 Å². The number of aromatic amines is 2. The van der Waals surface area contributed by atoms with E-state index in [0.29, 0.717) is 23.0 Å². The Kier molecular flexibility index (Phi) is 6.13. The minimum absolute atomic E-state index is 0. The third kappa shape index (κ3) is 4.09. The molecule has 3 N–H and O–H groups in total. The number of hydrogen-bond acceptors (Lipinski definition) is 3. The maximum Gasteiger partial charge on any atom is 0.323 e. The number of imidazole rings is 1. The van der Waals surface area contributed by atoms with Gasteiger partial charge in [-0.2, -0.15) is 0 Å². The third-order valence-corrected chi connectivity index (χ3v) is 5.49. The van der Waals surface area contributed by atoms with Crippen molar-refractivity contribution in [2.75, 3.05) is 18.0 Å². The largest absolute Gasteiger partial charge is 0.323 e. The molecule has 3 aromatic rings. The lowest BCUT2D eigenvalue weighted by molar-refractivity contribution is -0.124. The Morgan fingerprint density at radius 1 is 1.14 bits per heavy atom. The van der Waals surface area contributed by atoms with Crippen molar-refractivity contribution in [1.29, 1.82) is 0 Å². The van der Waals surface area contributed by atoms with Crippen LogP contribution < -0.4 is 15.9 Å². The molecule has 28 heavy (non-hydrogen) atoms. The number of carbonyl (C=O) groups is 1. The maximum atomic E-state index is 13.3. The molecule has 1 fully saturated rings. The van der Waals surface area contributed by atoms with E-state index >= 15 is 0 Å². The van der Waals surface area contributed by atoms with Gasteiger partial charge in [0.2, 0.25) is 5.91 Å². The highest BCUT2D eigenvalue weighted by atomic mass is 35.5. The number of amides is 1. The molecule has 0 bridgehead atoms. The number of carbonyl (C=O) groups excluding carboxylic acids is 1. The summed E-state index contributed by atoms with van der Waals surface area (Å²) in [4.78, 5) is 32.1. The summed E-state index contributed by atoms with van der Waals surface area (Å²) in [7, 11) is 0. The van der Waals surface area contributed by atoms with Crippen molar-refractivity contribution in [2.24, 2.45) is 11.8 Å². The van der Waals surface area contributed by atoms with Gasteiger partial charge >= 0.3 is 5.69 Å². The highest BCUT2D eigenvalue weighted by Crippen LogP contribution is 2.26. The van der Waals surface area contributed by atoms with E-state index < -0.39 is 0 Å². The first-order chi connectivity index (χ1) is 13.0. The summed E-state index contributed by atoms with van der Waals surface area (Å²) in [5, 5.41) is 3.89. The Morgan fingerprint density at radius 2 is 1.82 bits per heavy atom. The zero-order valence-corrected chi connectivity index (χ0v) is 16.9. The predicted octanol–water partition coefficient (Wildman–Crippen LogP) is 3.32. The summed E-state index contributed by atoms with van der Waals surface area (Å²) in [6.45, 7) is 4.16. The molecule has 0 radical (unpaired) electrons. The number of nitrogens with one attached hydrogen (secondary N) is 3. The molecule has 1 aliphatic heterocycles. The first kappa shape index (κ1) is 20.5. The van der Waals surface area contributed by atoms with Crippen LogP contribution in [-0.2, 0) is 11.3 Å². The average molecular weight is 421 g/mol. The lowest BCUT2D eigenvalue weighted by atomic mass is 9.87. The zero-order chi connectivity index (χ0) is 19.0. The standard InChI is InChI=1S/C20H21ClN4O2.ClH/c1-12(14-9-22-10-14)19(26)25(11-13-2-4-15(21)5-3-13)16-6-7-17-18(8-16)24-20(27)23-17;/h2-8,12,14,22H,9-11H2,1H3,(H2,23,24,27);1H. The van der Waals surface area contributed by atoms with Gasteiger partial charge in [-0.15, -0.1) is 12.4 Å². The number of aromatic nitrogens is 2. The van der Waals surface area contributed by atoms with Gasteiger partial charge in [0.25, 0.3) is 0 Å². The van der Waals surface area contributed by atoms with Gasteiger partial charge < -0.3 is 20.2 Å². The molecule has 148 valence electrons. The second-order valence-electron chi connectivity index (χ2n) is 7.07. The molecule has 1 saturated heterocycles. The number of fused-ring (bicyclic) bond motifs is 1. The fourth-order valence-electron chi connectivity index (χ4n) is 3.37. The zero-order valence-electron chi connectivity index (χ0n) is 15.4. The fourth-order valence-corrected chi connectivity index (χ4v) is 3.50. The van der Waals surface area contributed by atoms with Gasteiger partial charge in [0.05, 0.1) is 17.6 Å². The molecule has 1 aromatic heterocycles. The van der Waals surface area contributed by atoms with Crippen LogP contribution in [0.4, 0.5) is 5.69 Å². The van der Waals surface area contributed by atoms with Crippen LogP contribution in [0.3, 0.4) is 0 Å². The predicted molar refractivity (Wildman–Crippen MR) is 114 cm³/mol. The van der Waals surface area contributed by atoms with Crippen molar-refractivity contribution in [1.82, 2.24) is 15.3 Å². The summed E-state index contributed by atoms with van der Waals surface area (Å²) in [6.07, 6.45) is 0. The summed E-state index contributed by atoms with van der Waals surface area (Å²) >= 11 is 5.99. The van der Waals surface area contributed by atoms with Crippen LogP contribution in [0.1, 0.15) is 12.5 Å². The maximum absolute atomic E-state index is 13.3. The first-order valence-corrected chi connectivity index (χ1v) is 9.37. The van der Waals surface area contributed by atoms with Crippen molar-refractivity contribution in [3.05, 3.63) is 63.5 Å². The molecular weight excluding hydrogens is 399 g/mol. The molecule has 0 saturated carbocycles. The molecular formula is C20H22Cl2N4O2. The summed E-state index contributed by atoms with van der Waals surface area (Å²) in [6, 6.07) is 13.0. The number of hydrogen-bond donors (Lipinski definition) is 3. The molecule has 1 unspecified atom stereocenters. The smallest absolute Gasteiger partial charge is 0.316 e. The Balaban J connectivity index is 0.00000225. The Hall–Kier alpha value is -2.28. The molecule has 2 aromatic carbocycles. The van der Waals surface area contributed by atoms with E-state index in [9.17, 15) is 9.59 Å². The quantitative estimate of drug-likeness (QED) is 0.591. The average Bonchev–Trinajstić information content (AvgIpc) is 2.98. The molecule has 1 aliphatic rings. The SMILES string of the molecule is CC(C(=O)N(Cc1ccc(Cl)cc1)c1ccc2[nH]c(=O)[nH]c2c1)C1CNC1.Cl. The number of halogens is 2. The van der Waals surface area contributed by atoms with E-state index in [4.69, 9.17) is 11.6 Å². The first-order valence-electron chi connectivity index (χ1n) is 9.00. The van der Waals surface area contributed by atoms with Gasteiger partial charge in [-0.1, -0.05) is 30.7 Å². The summed E-state index contributed by atoms with van der Waals surface area (Å²) in [5.41, 5.74) is 2.90. The van der Waals surface area contributed by atoms with Gasteiger partial charge in [0.1, 0.15) is 0 Å². The second kappa shape index (κ2) is 8.39. The fraction of sp³-hybridized carbons (Fsp3) is 0.300. The molecule has 4 rings (SSSR count). The Morgan fingerprint density at radius 3 is 2.46 bits per heavy atom. The van der Waals surface area contributed by atoms with Crippen LogP contribution in [0.25, 0.3) is 11.0 Å². The van der Waals surface area contributed by atoms with E-state index in [1.165, 1.54) is 0 Å². The monoisotopic (exact) mass is 420 g/mol. The van der Waals surface area contributed by atoms with Gasteiger partial charge in [-0.3, -0.25) is 4.79 Å². The molecule has 0 aliphatic carbocycles. The van der Waals surface area contributed by atoms with E-state index in [1.54, 1.807) is 4.90 Å². The molecule has 8 heteroatoms. The van der Waals surface area contributed by atoms with Crippen molar-refractivity contribution in [3.8, 4) is 0 Å². The van der Waals surface area contributed by atoms with Crippen molar-refractivity contribution < 1.29 is 4.79 Å². The lowest BCUT2D eigenvalue weighted by Gasteiger charge is -2.35. The van der Waals surface area contributed by atoms with Crippen LogP contribution in [-0.4, -0.2) is 29.0 Å². The topological polar surface area (TPSA) is 81.0 Å². The number of nitrogens with zero attached hydrogens (tertiary/aromatic N) is 1. The highest BCUT2D eigenvalue weighted by molar-refractivity contribution is 6.30. The normalized spacial score (nSPS) is 14.9. The molecule has 6 nitrogen and oxygen atoms in total. The van der Waals surface area contributed by atoms with Crippen molar-refractivity contribution in [2.45, 2.75) is 13.5 Å². The number of benzene rings is 2. The number of anilines is 1. The van der Waals surface area contributed by atoms with E-state index in [0.717, 1.165) is 29.9 Å².